The van der Waals surface area contributed by atoms with Gasteiger partial charge in [-0.25, -0.2) is 20.0 Å². The standard InChI is InChI=1S/2C16H11BrN2OS.Zn/c2*17-13-6-7-15(20)12(8-13)9-18-16-19-14(10-21-16)11-4-2-1-3-5-11;/h2*1-10,20H;/b2*18-9+;. The van der Waals surface area contributed by atoms with Crippen molar-refractivity contribution in [3.8, 4) is 34.0 Å². The molecule has 0 saturated carbocycles. The Morgan fingerprint density at radius 3 is 1.37 bits per heavy atom. The second-order valence-electron chi connectivity index (χ2n) is 8.69. The van der Waals surface area contributed by atoms with E-state index in [9.17, 15) is 10.2 Å². The van der Waals surface area contributed by atoms with Crippen molar-refractivity contribution in [1.82, 2.24) is 9.97 Å². The molecule has 4 aromatic carbocycles. The largest absolute Gasteiger partial charge is 0.507 e. The van der Waals surface area contributed by atoms with Crippen LogP contribution in [0.15, 0.2) is 127 Å². The van der Waals surface area contributed by atoms with E-state index >= 15 is 0 Å². The van der Waals surface area contributed by atoms with Crippen LogP contribution in [0.1, 0.15) is 11.1 Å². The van der Waals surface area contributed by atoms with Crippen LogP contribution in [0, 0.1) is 0 Å². The summed E-state index contributed by atoms with van der Waals surface area (Å²) in [5, 5.41) is 24.8. The Morgan fingerprint density at radius 2 is 0.977 bits per heavy atom. The van der Waals surface area contributed by atoms with Gasteiger partial charge in [-0.3, -0.25) is 0 Å². The van der Waals surface area contributed by atoms with E-state index in [-0.39, 0.29) is 31.0 Å². The molecule has 0 aliphatic rings. The number of aromatic nitrogens is 2. The van der Waals surface area contributed by atoms with Crippen LogP contribution >= 0.6 is 54.5 Å². The Kier molecular flexibility index (Phi) is 12.1. The van der Waals surface area contributed by atoms with Gasteiger partial charge in [0.05, 0.1) is 11.4 Å². The number of benzene rings is 4. The van der Waals surface area contributed by atoms with E-state index in [0.717, 1.165) is 31.5 Å². The SMILES string of the molecule is Oc1ccc(Br)cc1/C=N/c1nc(-c2ccccc2)cs1.Oc1ccc(Br)cc1/C=N/c1nc(-c2ccccc2)cs1.[Zn]. The topological polar surface area (TPSA) is 91.0 Å². The van der Waals surface area contributed by atoms with E-state index < -0.39 is 0 Å². The van der Waals surface area contributed by atoms with E-state index in [4.69, 9.17) is 0 Å². The molecule has 6 rings (SSSR count). The summed E-state index contributed by atoms with van der Waals surface area (Å²) >= 11 is 9.69. The smallest absolute Gasteiger partial charge is 0.209 e. The van der Waals surface area contributed by atoms with E-state index in [1.165, 1.54) is 22.7 Å². The number of hydrogen-bond acceptors (Lipinski definition) is 8. The van der Waals surface area contributed by atoms with Crippen molar-refractivity contribution in [2.45, 2.75) is 0 Å². The number of nitrogens with zero attached hydrogens (tertiary/aromatic N) is 4. The minimum Gasteiger partial charge on any atom is -0.507 e. The molecule has 210 valence electrons. The maximum Gasteiger partial charge on any atom is 0.209 e. The molecule has 0 spiro atoms. The van der Waals surface area contributed by atoms with Crippen molar-refractivity contribution in [1.29, 1.82) is 0 Å². The third kappa shape index (κ3) is 9.32. The Balaban J connectivity index is 0.000000192. The van der Waals surface area contributed by atoms with E-state index in [1.54, 1.807) is 36.7 Å². The number of phenolic OH excluding ortho intramolecular Hbond substituents is 2. The first-order valence-electron chi connectivity index (χ1n) is 12.5. The van der Waals surface area contributed by atoms with Crippen LogP contribution in [0.2, 0.25) is 0 Å². The molecule has 0 radical (unpaired) electrons. The van der Waals surface area contributed by atoms with Crippen LogP contribution in [-0.4, -0.2) is 32.6 Å². The molecule has 2 N–H and O–H groups in total. The van der Waals surface area contributed by atoms with Gasteiger partial charge >= 0.3 is 0 Å². The van der Waals surface area contributed by atoms with Gasteiger partial charge in [0.2, 0.25) is 10.3 Å². The molecule has 6 nitrogen and oxygen atoms in total. The monoisotopic (exact) mass is 780 g/mol. The summed E-state index contributed by atoms with van der Waals surface area (Å²) in [6.07, 6.45) is 3.24. The van der Waals surface area contributed by atoms with Gasteiger partial charge < -0.3 is 10.2 Å². The molecule has 11 heteroatoms. The van der Waals surface area contributed by atoms with Crippen LogP contribution in [-0.2, 0) is 19.5 Å². The first-order valence-corrected chi connectivity index (χ1v) is 15.9. The van der Waals surface area contributed by atoms with Crippen molar-refractivity contribution >= 4 is 77.2 Å². The summed E-state index contributed by atoms with van der Waals surface area (Å²) < 4.78 is 1.79. The average Bonchev–Trinajstić information content (AvgIpc) is 3.70. The fraction of sp³-hybridized carbons (Fsp3) is 0. The molecule has 0 fully saturated rings. The number of halogens is 2. The summed E-state index contributed by atoms with van der Waals surface area (Å²) in [6.45, 7) is 0. The fourth-order valence-corrected chi connectivity index (χ4v) is 5.74. The summed E-state index contributed by atoms with van der Waals surface area (Å²) in [6, 6.07) is 30.4. The Hall–Kier alpha value is -3.34. The molecule has 43 heavy (non-hydrogen) atoms. The van der Waals surface area contributed by atoms with Gasteiger partial charge in [0.15, 0.2) is 0 Å². The molecule has 2 heterocycles. The molecule has 0 aliphatic heterocycles. The number of phenols is 2. The maximum absolute atomic E-state index is 9.77. The fourth-order valence-electron chi connectivity index (χ4n) is 3.64. The third-order valence-corrected chi connectivity index (χ3v) is 8.21. The first kappa shape index (κ1) is 32.6. The zero-order valence-corrected chi connectivity index (χ0v) is 30.3. The van der Waals surface area contributed by atoms with Crippen molar-refractivity contribution in [2.75, 3.05) is 0 Å². The molecule has 0 atom stereocenters. The molecule has 6 aromatic rings. The average molecular weight is 784 g/mol. The summed E-state index contributed by atoms with van der Waals surface area (Å²) in [5.74, 6) is 0.392. The minimum absolute atomic E-state index is 0. The van der Waals surface area contributed by atoms with Crippen LogP contribution in [0.25, 0.3) is 22.5 Å². The van der Waals surface area contributed by atoms with Crippen molar-refractivity contribution in [2.24, 2.45) is 9.98 Å². The summed E-state index contributed by atoms with van der Waals surface area (Å²) in [7, 11) is 0. The predicted molar refractivity (Wildman–Crippen MR) is 181 cm³/mol. The van der Waals surface area contributed by atoms with Gasteiger partial charge in [0, 0.05) is 73.9 Å². The van der Waals surface area contributed by atoms with Gasteiger partial charge in [0.25, 0.3) is 0 Å². The van der Waals surface area contributed by atoms with Gasteiger partial charge in [-0.2, -0.15) is 0 Å². The third-order valence-electron chi connectivity index (χ3n) is 5.73. The van der Waals surface area contributed by atoms with Crippen molar-refractivity contribution in [3.05, 3.63) is 128 Å². The Morgan fingerprint density at radius 1 is 0.581 bits per heavy atom. The molecule has 0 amide bonds. The number of hydrogen-bond donors (Lipinski definition) is 2. The molecule has 0 saturated heterocycles. The Bertz CT molecular complexity index is 1710. The van der Waals surface area contributed by atoms with E-state index in [0.29, 0.717) is 21.4 Å². The van der Waals surface area contributed by atoms with Gasteiger partial charge in [0.1, 0.15) is 11.5 Å². The van der Waals surface area contributed by atoms with Crippen molar-refractivity contribution in [3.63, 3.8) is 0 Å². The van der Waals surface area contributed by atoms with E-state index in [1.807, 2.05) is 83.6 Å². The Labute approximate surface area is 286 Å². The molecule has 0 unspecified atom stereocenters. The minimum atomic E-state index is 0. The van der Waals surface area contributed by atoms with Gasteiger partial charge in [-0.1, -0.05) is 92.5 Å². The zero-order chi connectivity index (χ0) is 29.3. The maximum atomic E-state index is 9.77. The molecular formula is C32H22Br2N4O2S2Zn. The van der Waals surface area contributed by atoms with Crippen LogP contribution in [0.3, 0.4) is 0 Å². The quantitative estimate of drug-likeness (QED) is 0.130. The van der Waals surface area contributed by atoms with Gasteiger partial charge in [-0.05, 0) is 36.4 Å². The number of aromatic hydroxyl groups is 2. The first-order chi connectivity index (χ1) is 20.4. The molecule has 0 bridgehead atoms. The number of rotatable bonds is 6. The summed E-state index contributed by atoms with van der Waals surface area (Å²) in [4.78, 5) is 17.6. The second-order valence-corrected chi connectivity index (χ2v) is 12.2. The van der Waals surface area contributed by atoms with Crippen LogP contribution in [0.4, 0.5) is 10.3 Å². The molecular weight excluding hydrogens is 762 g/mol. The van der Waals surface area contributed by atoms with Gasteiger partial charge in [-0.15, -0.1) is 22.7 Å². The molecule has 0 aliphatic carbocycles. The normalized spacial score (nSPS) is 10.8. The second kappa shape index (κ2) is 15.9. The predicted octanol–water partition coefficient (Wildman–Crippen LogP) is 10.1. The summed E-state index contributed by atoms with van der Waals surface area (Å²) in [5.41, 5.74) is 5.26. The van der Waals surface area contributed by atoms with E-state index in [2.05, 4.69) is 51.8 Å². The van der Waals surface area contributed by atoms with Crippen LogP contribution < -0.4 is 0 Å². The number of thiazole rings is 2. The van der Waals surface area contributed by atoms with Crippen LogP contribution in [0.5, 0.6) is 11.5 Å². The molecule has 2 aromatic heterocycles. The number of aliphatic imine (C=N–C) groups is 2. The zero-order valence-electron chi connectivity index (χ0n) is 22.5. The van der Waals surface area contributed by atoms with Crippen molar-refractivity contribution < 1.29 is 29.7 Å².